The van der Waals surface area contributed by atoms with Crippen molar-refractivity contribution in [1.29, 1.82) is 0 Å². The smallest absolute Gasteiger partial charge is 0.137 e. The van der Waals surface area contributed by atoms with Crippen LogP contribution in [0, 0.1) is 5.92 Å². The van der Waals surface area contributed by atoms with Gasteiger partial charge in [-0.2, -0.15) is 0 Å². The van der Waals surface area contributed by atoms with Crippen molar-refractivity contribution >= 4 is 6.29 Å². The molecular formula is C8H13NO. The van der Waals surface area contributed by atoms with Crippen molar-refractivity contribution in [1.82, 2.24) is 5.32 Å². The number of hydrogen-bond acceptors (Lipinski definition) is 2. The summed E-state index contributed by atoms with van der Waals surface area (Å²) in [7, 11) is 0. The minimum absolute atomic E-state index is 0.187. The Kier molecular flexibility index (Phi) is 1.49. The highest BCUT2D eigenvalue weighted by molar-refractivity contribution is 5.58. The molecule has 2 aliphatic heterocycles. The number of carbonyl (C=O) groups is 1. The molecule has 1 atom stereocenters. The van der Waals surface area contributed by atoms with Crippen LogP contribution in [-0.2, 0) is 4.79 Å². The van der Waals surface area contributed by atoms with Gasteiger partial charge in [-0.15, -0.1) is 0 Å². The van der Waals surface area contributed by atoms with E-state index >= 15 is 0 Å². The lowest BCUT2D eigenvalue weighted by atomic mass is 9.77. The fourth-order valence-corrected chi connectivity index (χ4v) is 2.20. The van der Waals surface area contributed by atoms with Gasteiger partial charge in [0.15, 0.2) is 0 Å². The fraction of sp³-hybridized carbons (Fsp3) is 0.875. The Morgan fingerprint density at radius 3 is 2.20 bits per heavy atom. The average Bonchev–Trinajstić information content (AvgIpc) is 2.06. The first-order chi connectivity index (χ1) is 4.90. The normalized spacial score (nSPS) is 45.4. The second-order valence-electron chi connectivity index (χ2n) is 3.44. The molecule has 2 heterocycles. The van der Waals surface area contributed by atoms with E-state index in [4.69, 9.17) is 0 Å². The molecule has 0 spiro atoms. The lowest BCUT2D eigenvalue weighted by Gasteiger charge is -2.41. The molecular weight excluding hydrogens is 126 g/mol. The van der Waals surface area contributed by atoms with Crippen LogP contribution in [-0.4, -0.2) is 18.4 Å². The molecule has 1 saturated carbocycles. The maximum atomic E-state index is 10.5. The van der Waals surface area contributed by atoms with E-state index in [2.05, 4.69) is 5.32 Å². The third-order valence-corrected chi connectivity index (χ3v) is 2.85. The van der Waals surface area contributed by atoms with Crippen LogP contribution in [0.25, 0.3) is 0 Å². The highest BCUT2D eigenvalue weighted by atomic mass is 16.1. The van der Waals surface area contributed by atoms with Gasteiger partial charge in [0.1, 0.15) is 6.29 Å². The lowest BCUT2D eigenvalue weighted by molar-refractivity contribution is -0.112. The topological polar surface area (TPSA) is 29.1 Å². The average molecular weight is 139 g/mol. The summed E-state index contributed by atoms with van der Waals surface area (Å²) in [6.45, 7) is 0. The molecule has 0 aromatic carbocycles. The predicted octanol–water partition coefficient (Wildman–Crippen LogP) is 0.716. The minimum Gasteiger partial charge on any atom is -0.305 e. The number of carbonyl (C=O) groups excluding carboxylic acids is 1. The molecule has 3 aliphatic rings. The van der Waals surface area contributed by atoms with E-state index in [1.165, 1.54) is 25.7 Å². The Hall–Kier alpha value is -0.370. The van der Waals surface area contributed by atoms with E-state index in [-0.39, 0.29) is 6.04 Å². The van der Waals surface area contributed by atoms with Gasteiger partial charge >= 0.3 is 0 Å². The molecule has 3 fully saturated rings. The Balaban J connectivity index is 2.07. The summed E-state index contributed by atoms with van der Waals surface area (Å²) in [5.41, 5.74) is 0. The van der Waals surface area contributed by atoms with Crippen molar-refractivity contribution in [2.24, 2.45) is 5.92 Å². The van der Waals surface area contributed by atoms with E-state index in [9.17, 15) is 4.79 Å². The Morgan fingerprint density at radius 2 is 1.90 bits per heavy atom. The molecule has 1 N–H and O–H groups in total. The molecule has 0 aromatic rings. The van der Waals surface area contributed by atoms with Crippen molar-refractivity contribution in [3.63, 3.8) is 0 Å². The standard InChI is InChI=1S/C8H13NO/c10-5-8-6-1-3-7(9-8)4-2-6/h5-9H,1-4H2/t6-,7+,8-/m1/s1. The largest absolute Gasteiger partial charge is 0.305 e. The first kappa shape index (κ1) is 6.35. The van der Waals surface area contributed by atoms with Crippen molar-refractivity contribution in [3.05, 3.63) is 0 Å². The monoisotopic (exact) mass is 139 g/mol. The Morgan fingerprint density at radius 1 is 1.20 bits per heavy atom. The molecule has 0 aromatic heterocycles. The van der Waals surface area contributed by atoms with Crippen LogP contribution in [0.15, 0.2) is 0 Å². The van der Waals surface area contributed by atoms with Crippen LogP contribution >= 0.6 is 0 Å². The maximum absolute atomic E-state index is 10.5. The molecule has 0 amide bonds. The maximum Gasteiger partial charge on any atom is 0.137 e. The number of hydrogen-bond donors (Lipinski definition) is 1. The first-order valence-corrected chi connectivity index (χ1v) is 4.11. The summed E-state index contributed by atoms with van der Waals surface area (Å²) in [6.07, 6.45) is 6.18. The number of fused-ring (bicyclic) bond motifs is 3. The van der Waals surface area contributed by atoms with Gasteiger partial charge in [0.2, 0.25) is 0 Å². The molecule has 1 aliphatic carbocycles. The number of piperidine rings is 2. The van der Waals surface area contributed by atoms with Crippen LogP contribution in [0.1, 0.15) is 25.7 Å². The molecule has 56 valence electrons. The molecule has 2 heteroatoms. The molecule has 10 heavy (non-hydrogen) atoms. The Bertz CT molecular complexity index is 138. The molecule has 0 unspecified atom stereocenters. The van der Waals surface area contributed by atoms with Gasteiger partial charge in [-0.1, -0.05) is 0 Å². The van der Waals surface area contributed by atoms with E-state index in [0.29, 0.717) is 12.0 Å². The lowest BCUT2D eigenvalue weighted by Crippen LogP contribution is -2.52. The number of rotatable bonds is 1. The summed E-state index contributed by atoms with van der Waals surface area (Å²) >= 11 is 0. The molecule has 2 saturated heterocycles. The highest BCUT2D eigenvalue weighted by Crippen LogP contribution is 2.31. The van der Waals surface area contributed by atoms with Crippen molar-refractivity contribution < 1.29 is 4.79 Å². The summed E-state index contributed by atoms with van der Waals surface area (Å²) in [5, 5.41) is 3.33. The van der Waals surface area contributed by atoms with E-state index in [0.717, 1.165) is 6.29 Å². The fourth-order valence-electron chi connectivity index (χ4n) is 2.20. The summed E-state index contributed by atoms with van der Waals surface area (Å²) in [5.74, 6) is 0.655. The predicted molar refractivity (Wildman–Crippen MR) is 38.7 cm³/mol. The van der Waals surface area contributed by atoms with Gasteiger partial charge in [0.25, 0.3) is 0 Å². The third-order valence-electron chi connectivity index (χ3n) is 2.85. The van der Waals surface area contributed by atoms with Gasteiger partial charge in [-0.3, -0.25) is 0 Å². The van der Waals surface area contributed by atoms with E-state index in [1.54, 1.807) is 0 Å². The van der Waals surface area contributed by atoms with Crippen LogP contribution in [0.4, 0.5) is 0 Å². The molecule has 0 radical (unpaired) electrons. The molecule has 2 bridgehead atoms. The quantitative estimate of drug-likeness (QED) is 0.542. The highest BCUT2D eigenvalue weighted by Gasteiger charge is 2.34. The van der Waals surface area contributed by atoms with Crippen molar-refractivity contribution in [3.8, 4) is 0 Å². The summed E-state index contributed by atoms with van der Waals surface area (Å²) in [6, 6.07) is 0.840. The summed E-state index contributed by atoms with van der Waals surface area (Å²) in [4.78, 5) is 10.5. The van der Waals surface area contributed by atoms with Crippen LogP contribution in [0.2, 0.25) is 0 Å². The zero-order valence-electron chi connectivity index (χ0n) is 6.05. The van der Waals surface area contributed by atoms with Gasteiger partial charge in [0, 0.05) is 6.04 Å². The zero-order chi connectivity index (χ0) is 6.97. The van der Waals surface area contributed by atoms with Crippen LogP contribution in [0.5, 0.6) is 0 Å². The number of aldehydes is 1. The van der Waals surface area contributed by atoms with Gasteiger partial charge < -0.3 is 10.1 Å². The zero-order valence-corrected chi connectivity index (χ0v) is 6.05. The molecule has 3 rings (SSSR count). The van der Waals surface area contributed by atoms with Crippen molar-refractivity contribution in [2.45, 2.75) is 37.8 Å². The van der Waals surface area contributed by atoms with Crippen LogP contribution < -0.4 is 5.32 Å². The SMILES string of the molecule is O=C[C@H]1N[C@H]2CC[C@@H]1CC2. The second kappa shape index (κ2) is 2.35. The van der Waals surface area contributed by atoms with E-state index < -0.39 is 0 Å². The summed E-state index contributed by atoms with van der Waals surface area (Å²) < 4.78 is 0. The van der Waals surface area contributed by atoms with Gasteiger partial charge in [-0.25, -0.2) is 0 Å². The Labute approximate surface area is 61.0 Å². The third kappa shape index (κ3) is 0.870. The molecule has 2 nitrogen and oxygen atoms in total. The second-order valence-corrected chi connectivity index (χ2v) is 3.44. The van der Waals surface area contributed by atoms with Gasteiger partial charge in [-0.05, 0) is 31.6 Å². The minimum atomic E-state index is 0.187. The van der Waals surface area contributed by atoms with Gasteiger partial charge in [0.05, 0.1) is 6.04 Å². The van der Waals surface area contributed by atoms with E-state index in [1.807, 2.05) is 0 Å². The van der Waals surface area contributed by atoms with Crippen molar-refractivity contribution in [2.75, 3.05) is 0 Å². The van der Waals surface area contributed by atoms with Crippen LogP contribution in [0.3, 0.4) is 0 Å². The number of nitrogens with one attached hydrogen (secondary N) is 1. The first-order valence-electron chi connectivity index (χ1n) is 4.11.